The van der Waals surface area contributed by atoms with Gasteiger partial charge >= 0.3 is 0 Å². The Hall–Kier alpha value is -0.610. The molecule has 12 heavy (non-hydrogen) atoms. The molecule has 2 saturated heterocycles. The van der Waals surface area contributed by atoms with Crippen LogP contribution in [0.5, 0.6) is 0 Å². The number of carbonyl (C=O) groups is 1. The zero-order valence-electron chi connectivity index (χ0n) is 7.58. The summed E-state index contributed by atoms with van der Waals surface area (Å²) in [7, 11) is 2.06. The third-order valence-electron chi connectivity index (χ3n) is 2.78. The number of likely N-dealkylation sites (N-methyl/N-ethyl adjacent to an activating group) is 1. The van der Waals surface area contributed by atoms with Gasteiger partial charge in [0.05, 0.1) is 6.17 Å². The first-order valence-electron chi connectivity index (χ1n) is 4.43. The van der Waals surface area contributed by atoms with Crippen LogP contribution in [0, 0.1) is 0 Å². The normalized spacial score (nSPS) is 38.0. The maximum absolute atomic E-state index is 11.4. The van der Waals surface area contributed by atoms with Crippen LogP contribution in [-0.2, 0) is 4.79 Å². The molecule has 2 rings (SSSR count). The maximum atomic E-state index is 11.4. The van der Waals surface area contributed by atoms with Gasteiger partial charge in [0.2, 0.25) is 5.91 Å². The van der Waals surface area contributed by atoms with E-state index in [0.29, 0.717) is 0 Å². The molecule has 0 aromatic heterocycles. The van der Waals surface area contributed by atoms with Gasteiger partial charge in [0.25, 0.3) is 0 Å². The average Bonchev–Trinajstić information content (AvgIpc) is 2.28. The van der Waals surface area contributed by atoms with Crippen molar-refractivity contribution in [3.05, 3.63) is 0 Å². The first kappa shape index (κ1) is 8.01. The summed E-state index contributed by atoms with van der Waals surface area (Å²) in [6.07, 6.45) is 0.233. The molecule has 4 nitrogen and oxygen atoms in total. The van der Waals surface area contributed by atoms with Crippen molar-refractivity contribution in [3.8, 4) is 0 Å². The first-order chi connectivity index (χ1) is 5.68. The molecule has 0 aliphatic carbocycles. The molecule has 68 valence electrons. The topological polar surface area (TPSA) is 35.6 Å². The van der Waals surface area contributed by atoms with Crippen LogP contribution in [0.1, 0.15) is 6.92 Å². The number of carbonyl (C=O) groups excluding carboxylic acids is 1. The molecule has 0 aromatic rings. The van der Waals surface area contributed by atoms with Gasteiger partial charge in [0.1, 0.15) is 6.04 Å². The van der Waals surface area contributed by atoms with E-state index in [0.717, 1.165) is 19.6 Å². The Morgan fingerprint density at radius 2 is 2.25 bits per heavy atom. The standard InChI is InChI=1S/C8H15N3O/c1-6-9-8(12)7-5-10(2)3-4-11(6)7/h6-7H,3-5H2,1-2H3,(H,9,12). The van der Waals surface area contributed by atoms with Crippen LogP contribution in [-0.4, -0.2) is 54.6 Å². The van der Waals surface area contributed by atoms with Crippen LogP contribution in [0.25, 0.3) is 0 Å². The summed E-state index contributed by atoms with van der Waals surface area (Å²) in [5, 5.41) is 2.94. The number of hydrogen-bond acceptors (Lipinski definition) is 3. The van der Waals surface area contributed by atoms with Gasteiger partial charge in [-0.1, -0.05) is 0 Å². The summed E-state index contributed by atoms with van der Waals surface area (Å²) in [5.74, 6) is 0.189. The summed E-state index contributed by atoms with van der Waals surface area (Å²) in [5.41, 5.74) is 0. The molecule has 0 saturated carbocycles. The average molecular weight is 169 g/mol. The van der Waals surface area contributed by atoms with E-state index in [9.17, 15) is 4.79 Å². The molecular formula is C8H15N3O. The van der Waals surface area contributed by atoms with E-state index in [-0.39, 0.29) is 18.1 Å². The number of hydrogen-bond donors (Lipinski definition) is 1. The second-order valence-electron chi connectivity index (χ2n) is 3.70. The highest BCUT2D eigenvalue weighted by Crippen LogP contribution is 2.16. The quantitative estimate of drug-likeness (QED) is 0.509. The zero-order valence-corrected chi connectivity index (χ0v) is 7.58. The molecule has 0 radical (unpaired) electrons. The third kappa shape index (κ3) is 1.11. The fourth-order valence-electron chi connectivity index (χ4n) is 2.02. The van der Waals surface area contributed by atoms with Crippen LogP contribution < -0.4 is 5.32 Å². The van der Waals surface area contributed by atoms with Crippen LogP contribution >= 0.6 is 0 Å². The Balaban J connectivity index is 2.12. The molecule has 1 amide bonds. The Morgan fingerprint density at radius 3 is 3.00 bits per heavy atom. The molecule has 0 bridgehead atoms. The van der Waals surface area contributed by atoms with Crippen molar-refractivity contribution in [2.45, 2.75) is 19.1 Å². The molecule has 2 heterocycles. The van der Waals surface area contributed by atoms with Crippen molar-refractivity contribution >= 4 is 5.91 Å². The highest BCUT2D eigenvalue weighted by atomic mass is 16.2. The zero-order chi connectivity index (χ0) is 8.72. The monoisotopic (exact) mass is 169 g/mol. The van der Waals surface area contributed by atoms with Gasteiger partial charge in [-0.15, -0.1) is 0 Å². The van der Waals surface area contributed by atoms with Crippen molar-refractivity contribution in [2.75, 3.05) is 26.7 Å². The number of piperazine rings is 1. The Bertz CT molecular complexity index is 206. The van der Waals surface area contributed by atoms with Gasteiger partial charge in [-0.05, 0) is 14.0 Å². The van der Waals surface area contributed by atoms with E-state index >= 15 is 0 Å². The Morgan fingerprint density at radius 1 is 1.50 bits per heavy atom. The highest BCUT2D eigenvalue weighted by molar-refractivity contribution is 5.84. The van der Waals surface area contributed by atoms with Crippen LogP contribution in [0.4, 0.5) is 0 Å². The lowest BCUT2D eigenvalue weighted by atomic mass is 10.2. The summed E-state index contributed by atoms with van der Waals surface area (Å²) >= 11 is 0. The number of amides is 1. The van der Waals surface area contributed by atoms with Crippen molar-refractivity contribution in [3.63, 3.8) is 0 Å². The third-order valence-corrected chi connectivity index (χ3v) is 2.78. The fourth-order valence-corrected chi connectivity index (χ4v) is 2.02. The van der Waals surface area contributed by atoms with E-state index in [1.54, 1.807) is 0 Å². The lowest BCUT2D eigenvalue weighted by Crippen LogP contribution is -2.52. The first-order valence-corrected chi connectivity index (χ1v) is 4.43. The van der Waals surface area contributed by atoms with Gasteiger partial charge < -0.3 is 10.2 Å². The molecule has 1 N–H and O–H groups in total. The summed E-state index contributed by atoms with van der Waals surface area (Å²) in [4.78, 5) is 15.8. The molecular weight excluding hydrogens is 154 g/mol. The number of rotatable bonds is 0. The second kappa shape index (κ2) is 2.71. The number of nitrogens with zero attached hydrogens (tertiary/aromatic N) is 2. The second-order valence-corrected chi connectivity index (χ2v) is 3.70. The summed E-state index contributed by atoms with van der Waals surface area (Å²) in [6, 6.07) is 0.0961. The highest BCUT2D eigenvalue weighted by Gasteiger charge is 2.39. The van der Waals surface area contributed by atoms with Crippen LogP contribution in [0.2, 0.25) is 0 Å². The van der Waals surface area contributed by atoms with E-state index in [1.165, 1.54) is 0 Å². The Labute approximate surface area is 72.5 Å². The van der Waals surface area contributed by atoms with Crippen molar-refractivity contribution < 1.29 is 4.79 Å². The molecule has 4 heteroatoms. The molecule has 0 aromatic carbocycles. The van der Waals surface area contributed by atoms with Crippen molar-refractivity contribution in [1.82, 2.24) is 15.1 Å². The molecule has 2 aliphatic heterocycles. The van der Waals surface area contributed by atoms with Crippen molar-refractivity contribution in [1.29, 1.82) is 0 Å². The fraction of sp³-hybridized carbons (Fsp3) is 0.875. The minimum absolute atomic E-state index is 0.0961. The van der Waals surface area contributed by atoms with Gasteiger partial charge in [-0.3, -0.25) is 9.69 Å². The predicted octanol–water partition coefficient (Wildman–Crippen LogP) is -0.922. The molecule has 0 spiro atoms. The van der Waals surface area contributed by atoms with E-state index in [1.807, 2.05) is 6.92 Å². The van der Waals surface area contributed by atoms with E-state index < -0.39 is 0 Å². The lowest BCUT2D eigenvalue weighted by molar-refractivity contribution is -0.122. The van der Waals surface area contributed by atoms with Gasteiger partial charge in [-0.2, -0.15) is 0 Å². The van der Waals surface area contributed by atoms with E-state index in [4.69, 9.17) is 0 Å². The van der Waals surface area contributed by atoms with Crippen molar-refractivity contribution in [2.24, 2.45) is 0 Å². The molecule has 2 fully saturated rings. The van der Waals surface area contributed by atoms with E-state index in [2.05, 4.69) is 22.2 Å². The number of fused-ring (bicyclic) bond motifs is 1. The lowest BCUT2D eigenvalue weighted by Gasteiger charge is -2.34. The Kier molecular flexibility index (Phi) is 1.81. The molecule has 2 unspecified atom stereocenters. The van der Waals surface area contributed by atoms with Gasteiger partial charge in [0.15, 0.2) is 0 Å². The SMILES string of the molecule is CC1NC(=O)C2CN(C)CCN12. The largest absolute Gasteiger partial charge is 0.339 e. The molecule has 2 aliphatic rings. The maximum Gasteiger partial charge on any atom is 0.239 e. The summed E-state index contributed by atoms with van der Waals surface area (Å²) < 4.78 is 0. The minimum Gasteiger partial charge on any atom is -0.339 e. The van der Waals surface area contributed by atoms with Gasteiger partial charge in [-0.25, -0.2) is 0 Å². The van der Waals surface area contributed by atoms with Crippen LogP contribution in [0.15, 0.2) is 0 Å². The summed E-state index contributed by atoms with van der Waals surface area (Å²) in [6.45, 7) is 4.98. The smallest absolute Gasteiger partial charge is 0.239 e. The minimum atomic E-state index is 0.0961. The van der Waals surface area contributed by atoms with Crippen LogP contribution in [0.3, 0.4) is 0 Å². The number of nitrogens with one attached hydrogen (secondary N) is 1. The van der Waals surface area contributed by atoms with Gasteiger partial charge in [0, 0.05) is 19.6 Å². The molecule has 2 atom stereocenters. The predicted molar refractivity (Wildman–Crippen MR) is 45.6 cm³/mol.